The van der Waals surface area contributed by atoms with E-state index in [-0.39, 0.29) is 11.6 Å². The average Bonchev–Trinajstić information content (AvgIpc) is 2.78. The van der Waals surface area contributed by atoms with Crippen molar-refractivity contribution in [2.24, 2.45) is 0 Å². The van der Waals surface area contributed by atoms with Gasteiger partial charge in [0, 0.05) is 10.2 Å². The van der Waals surface area contributed by atoms with E-state index < -0.39 is 5.97 Å². The highest BCUT2D eigenvalue weighted by molar-refractivity contribution is 9.10. The third-order valence-electron chi connectivity index (χ3n) is 2.78. The number of nitrogens with one attached hydrogen (secondary N) is 1. The number of hydrogen-bond acceptors (Lipinski definition) is 3. The number of furan rings is 1. The van der Waals surface area contributed by atoms with Crippen LogP contribution in [0.5, 0.6) is 0 Å². The summed E-state index contributed by atoms with van der Waals surface area (Å²) in [6.45, 7) is 3.88. The fourth-order valence-electron chi connectivity index (χ4n) is 1.76. The molecule has 0 radical (unpaired) electrons. The standard InChI is InChI=1S/C14H14BrNO3/c1-8-3-6-13(19-8)9(2)16-12-5-4-10(14(17)18)7-11(12)15/h3-7,9,16H,1-2H3,(H,17,18). The largest absolute Gasteiger partial charge is 0.478 e. The van der Waals surface area contributed by atoms with Crippen molar-refractivity contribution in [3.8, 4) is 0 Å². The van der Waals surface area contributed by atoms with Crippen molar-refractivity contribution in [3.05, 3.63) is 51.9 Å². The van der Waals surface area contributed by atoms with E-state index in [2.05, 4.69) is 21.2 Å². The zero-order valence-corrected chi connectivity index (χ0v) is 12.2. The fraction of sp³-hybridized carbons (Fsp3) is 0.214. The Kier molecular flexibility index (Phi) is 3.95. The zero-order valence-electron chi connectivity index (χ0n) is 10.6. The predicted octanol–water partition coefficient (Wildman–Crippen LogP) is 4.22. The first-order valence-corrected chi connectivity index (χ1v) is 6.62. The monoisotopic (exact) mass is 323 g/mol. The zero-order chi connectivity index (χ0) is 14.0. The van der Waals surface area contributed by atoms with Crippen LogP contribution in [0.4, 0.5) is 5.69 Å². The molecule has 1 atom stereocenters. The number of aromatic carboxylic acids is 1. The number of carbonyl (C=O) groups is 1. The highest BCUT2D eigenvalue weighted by Gasteiger charge is 2.12. The van der Waals surface area contributed by atoms with Gasteiger partial charge in [-0.05, 0) is 60.1 Å². The topological polar surface area (TPSA) is 62.5 Å². The number of rotatable bonds is 4. The molecule has 0 amide bonds. The first-order valence-electron chi connectivity index (χ1n) is 5.83. The Hall–Kier alpha value is -1.75. The molecule has 2 N–H and O–H groups in total. The van der Waals surface area contributed by atoms with Gasteiger partial charge in [-0.15, -0.1) is 0 Å². The van der Waals surface area contributed by atoms with E-state index in [1.807, 2.05) is 26.0 Å². The van der Waals surface area contributed by atoms with Crippen LogP contribution < -0.4 is 5.32 Å². The molecule has 0 aliphatic carbocycles. The highest BCUT2D eigenvalue weighted by Crippen LogP contribution is 2.28. The van der Waals surface area contributed by atoms with Gasteiger partial charge in [-0.1, -0.05) is 0 Å². The predicted molar refractivity (Wildman–Crippen MR) is 76.6 cm³/mol. The second kappa shape index (κ2) is 5.48. The highest BCUT2D eigenvalue weighted by atomic mass is 79.9. The molecular formula is C14H14BrNO3. The fourth-order valence-corrected chi connectivity index (χ4v) is 2.25. The van der Waals surface area contributed by atoms with Crippen LogP contribution in [0.3, 0.4) is 0 Å². The molecule has 0 spiro atoms. The van der Waals surface area contributed by atoms with Gasteiger partial charge in [-0.3, -0.25) is 0 Å². The third kappa shape index (κ3) is 3.17. The molecule has 0 aliphatic heterocycles. The molecule has 0 saturated heterocycles. The second-order valence-electron chi connectivity index (χ2n) is 4.31. The summed E-state index contributed by atoms with van der Waals surface area (Å²) in [6, 6.07) is 8.71. The number of aryl methyl sites for hydroxylation is 1. The number of carboxylic acids is 1. The van der Waals surface area contributed by atoms with E-state index in [0.717, 1.165) is 17.2 Å². The van der Waals surface area contributed by atoms with Gasteiger partial charge in [-0.2, -0.15) is 0 Å². The summed E-state index contributed by atoms with van der Waals surface area (Å²) in [6.07, 6.45) is 0. The maximum Gasteiger partial charge on any atom is 0.335 e. The lowest BCUT2D eigenvalue weighted by Gasteiger charge is -2.14. The molecule has 1 aromatic heterocycles. The third-order valence-corrected chi connectivity index (χ3v) is 3.43. The van der Waals surface area contributed by atoms with E-state index >= 15 is 0 Å². The molecule has 5 heteroatoms. The summed E-state index contributed by atoms with van der Waals surface area (Å²) in [4.78, 5) is 10.9. The number of anilines is 1. The van der Waals surface area contributed by atoms with Crippen molar-refractivity contribution in [1.82, 2.24) is 0 Å². The van der Waals surface area contributed by atoms with Crippen molar-refractivity contribution in [1.29, 1.82) is 0 Å². The van der Waals surface area contributed by atoms with E-state index in [0.29, 0.717) is 4.47 Å². The van der Waals surface area contributed by atoms with Gasteiger partial charge in [0.05, 0.1) is 11.6 Å². The van der Waals surface area contributed by atoms with Crippen molar-refractivity contribution in [2.75, 3.05) is 5.32 Å². The van der Waals surface area contributed by atoms with E-state index in [1.165, 1.54) is 0 Å². The molecule has 1 aromatic carbocycles. The van der Waals surface area contributed by atoms with Gasteiger partial charge in [0.1, 0.15) is 11.5 Å². The molecule has 2 aromatic rings. The van der Waals surface area contributed by atoms with E-state index in [4.69, 9.17) is 9.52 Å². The molecule has 1 heterocycles. The smallest absolute Gasteiger partial charge is 0.335 e. The molecule has 0 bridgehead atoms. The Morgan fingerprint density at radius 2 is 2.11 bits per heavy atom. The van der Waals surface area contributed by atoms with Crippen LogP contribution in [0, 0.1) is 6.92 Å². The van der Waals surface area contributed by atoms with Crippen LogP contribution in [0.25, 0.3) is 0 Å². The lowest BCUT2D eigenvalue weighted by molar-refractivity contribution is 0.0697. The van der Waals surface area contributed by atoms with Gasteiger partial charge in [0.15, 0.2) is 0 Å². The summed E-state index contributed by atoms with van der Waals surface area (Å²) in [5.41, 5.74) is 1.07. The van der Waals surface area contributed by atoms with Crippen LogP contribution >= 0.6 is 15.9 Å². The van der Waals surface area contributed by atoms with Crippen LogP contribution in [0.15, 0.2) is 39.2 Å². The summed E-state index contributed by atoms with van der Waals surface area (Å²) in [7, 11) is 0. The molecule has 4 nitrogen and oxygen atoms in total. The Morgan fingerprint density at radius 3 is 2.63 bits per heavy atom. The Labute approximate surface area is 119 Å². The lowest BCUT2D eigenvalue weighted by Crippen LogP contribution is -2.06. The number of carboxylic acid groups (broad SMARTS) is 1. The molecule has 0 saturated carbocycles. The minimum Gasteiger partial charge on any atom is -0.478 e. The van der Waals surface area contributed by atoms with Crippen LogP contribution in [0.1, 0.15) is 34.8 Å². The van der Waals surface area contributed by atoms with Gasteiger partial charge in [0.25, 0.3) is 0 Å². The molecule has 19 heavy (non-hydrogen) atoms. The van der Waals surface area contributed by atoms with Crippen LogP contribution in [-0.4, -0.2) is 11.1 Å². The van der Waals surface area contributed by atoms with E-state index in [1.54, 1.807) is 18.2 Å². The molecule has 0 aliphatic rings. The number of benzene rings is 1. The van der Waals surface area contributed by atoms with E-state index in [9.17, 15) is 4.79 Å². The Balaban J connectivity index is 2.17. The van der Waals surface area contributed by atoms with Gasteiger partial charge in [0.2, 0.25) is 0 Å². The number of halogens is 1. The Bertz CT molecular complexity index is 606. The second-order valence-corrected chi connectivity index (χ2v) is 5.17. The maximum absolute atomic E-state index is 10.9. The lowest BCUT2D eigenvalue weighted by atomic mass is 10.2. The maximum atomic E-state index is 10.9. The van der Waals surface area contributed by atoms with Crippen molar-refractivity contribution < 1.29 is 14.3 Å². The minimum atomic E-state index is -0.943. The average molecular weight is 324 g/mol. The summed E-state index contributed by atoms with van der Waals surface area (Å²) in [5.74, 6) is 0.762. The minimum absolute atomic E-state index is 0.000628. The summed E-state index contributed by atoms with van der Waals surface area (Å²) < 4.78 is 6.26. The Morgan fingerprint density at radius 1 is 1.37 bits per heavy atom. The summed E-state index contributed by atoms with van der Waals surface area (Å²) >= 11 is 3.37. The van der Waals surface area contributed by atoms with Gasteiger partial charge in [-0.25, -0.2) is 4.79 Å². The molecular weight excluding hydrogens is 310 g/mol. The first-order chi connectivity index (χ1) is 8.97. The normalized spacial score (nSPS) is 12.2. The van der Waals surface area contributed by atoms with Gasteiger partial charge < -0.3 is 14.8 Å². The molecule has 2 rings (SSSR count). The quantitative estimate of drug-likeness (QED) is 0.884. The first kappa shape index (κ1) is 13.7. The molecule has 100 valence electrons. The van der Waals surface area contributed by atoms with Crippen molar-refractivity contribution in [3.63, 3.8) is 0 Å². The number of hydrogen-bond donors (Lipinski definition) is 2. The molecule has 1 unspecified atom stereocenters. The summed E-state index contributed by atoms with van der Waals surface area (Å²) in [5, 5.41) is 12.2. The van der Waals surface area contributed by atoms with Crippen molar-refractivity contribution >= 4 is 27.6 Å². The SMILES string of the molecule is Cc1ccc(C(C)Nc2ccc(C(=O)O)cc2Br)o1. The van der Waals surface area contributed by atoms with Crippen molar-refractivity contribution in [2.45, 2.75) is 19.9 Å². The van der Waals surface area contributed by atoms with Crippen LogP contribution in [0.2, 0.25) is 0 Å². The van der Waals surface area contributed by atoms with Gasteiger partial charge >= 0.3 is 5.97 Å². The van der Waals surface area contributed by atoms with Crippen LogP contribution in [-0.2, 0) is 0 Å². The molecule has 0 fully saturated rings.